The third-order valence-corrected chi connectivity index (χ3v) is 5.77. The molecular formula is C28H43N3O3. The Morgan fingerprint density at radius 1 is 1.03 bits per heavy atom. The Balaban J connectivity index is 2.15. The van der Waals surface area contributed by atoms with E-state index in [0.717, 1.165) is 25.1 Å². The van der Waals surface area contributed by atoms with Crippen LogP contribution in [0.4, 0.5) is 0 Å². The van der Waals surface area contributed by atoms with Crippen LogP contribution >= 0.6 is 0 Å². The monoisotopic (exact) mass is 469 g/mol. The smallest absolute Gasteiger partial charge is 0.242 e. The Hall–Kier alpha value is -2.60. The van der Waals surface area contributed by atoms with Crippen LogP contribution in [-0.2, 0) is 27.4 Å². The molecule has 2 aromatic rings. The average molecular weight is 470 g/mol. The molecule has 0 atom stereocenters. The molecule has 0 radical (unpaired) electrons. The van der Waals surface area contributed by atoms with Crippen LogP contribution in [0.2, 0.25) is 0 Å². The van der Waals surface area contributed by atoms with Crippen LogP contribution < -0.4 is 0 Å². The summed E-state index contributed by atoms with van der Waals surface area (Å²) in [5.74, 6) is -0.0220. The highest BCUT2D eigenvalue weighted by atomic mass is 16.5. The third-order valence-electron chi connectivity index (χ3n) is 5.77. The molecule has 0 aliphatic heterocycles. The topological polar surface area (TPSA) is 54.8 Å². The molecule has 1 aromatic heterocycles. The number of unbranched alkanes of at least 4 members (excludes halogenated alkanes) is 1. The van der Waals surface area contributed by atoms with Gasteiger partial charge in [0.2, 0.25) is 11.8 Å². The minimum absolute atomic E-state index is 0.00355. The van der Waals surface area contributed by atoms with Crippen LogP contribution in [0, 0.1) is 12.3 Å². The summed E-state index contributed by atoms with van der Waals surface area (Å²) >= 11 is 0. The zero-order valence-corrected chi connectivity index (χ0v) is 22.0. The quantitative estimate of drug-likeness (QED) is 0.420. The summed E-state index contributed by atoms with van der Waals surface area (Å²) < 4.78 is 7.41. The standard InChI is InChI=1S/C28H43N3O3/c1-7-8-14-30(27(33)22-31(16-17-34-6)26(32)19-28(3,4)5)21-25-13-10-15-29(25)20-24-12-9-11-23(2)18-24/h9-13,15,18H,7-8,14,16-17,19-22H2,1-6H3. The van der Waals surface area contributed by atoms with Crippen molar-refractivity contribution in [2.24, 2.45) is 5.41 Å². The molecule has 0 N–H and O–H groups in total. The van der Waals surface area contributed by atoms with Crippen molar-refractivity contribution in [2.75, 3.05) is 33.4 Å². The second-order valence-corrected chi connectivity index (χ2v) is 10.3. The summed E-state index contributed by atoms with van der Waals surface area (Å²) in [5.41, 5.74) is 3.43. The maximum absolute atomic E-state index is 13.4. The van der Waals surface area contributed by atoms with Crippen LogP contribution in [0.3, 0.4) is 0 Å². The van der Waals surface area contributed by atoms with E-state index in [-0.39, 0.29) is 23.8 Å². The first kappa shape index (κ1) is 27.6. The van der Waals surface area contributed by atoms with E-state index in [1.165, 1.54) is 11.1 Å². The van der Waals surface area contributed by atoms with Gasteiger partial charge < -0.3 is 19.1 Å². The summed E-state index contributed by atoms with van der Waals surface area (Å²) in [6.45, 7) is 13.2. The third kappa shape index (κ3) is 9.34. The number of methoxy groups -OCH3 is 1. The van der Waals surface area contributed by atoms with E-state index in [4.69, 9.17) is 4.74 Å². The second kappa shape index (κ2) is 13.3. The largest absolute Gasteiger partial charge is 0.383 e. The van der Waals surface area contributed by atoms with E-state index in [2.05, 4.69) is 54.9 Å². The van der Waals surface area contributed by atoms with Crippen molar-refractivity contribution in [3.05, 3.63) is 59.4 Å². The van der Waals surface area contributed by atoms with Crippen molar-refractivity contribution in [3.63, 3.8) is 0 Å². The molecule has 6 heteroatoms. The molecule has 2 rings (SSSR count). The molecule has 1 aromatic carbocycles. The predicted molar refractivity (Wildman–Crippen MR) is 138 cm³/mol. The van der Waals surface area contributed by atoms with E-state index in [9.17, 15) is 9.59 Å². The first-order valence-electron chi connectivity index (χ1n) is 12.4. The van der Waals surface area contributed by atoms with Crippen molar-refractivity contribution in [1.29, 1.82) is 0 Å². The highest BCUT2D eigenvalue weighted by Gasteiger charge is 2.25. The van der Waals surface area contributed by atoms with E-state index in [1.54, 1.807) is 12.0 Å². The first-order valence-corrected chi connectivity index (χ1v) is 12.4. The molecule has 0 aliphatic rings. The number of aryl methyl sites for hydroxylation is 1. The summed E-state index contributed by atoms with van der Waals surface area (Å²) in [5, 5.41) is 0. The van der Waals surface area contributed by atoms with E-state index in [1.807, 2.05) is 31.7 Å². The lowest BCUT2D eigenvalue weighted by atomic mass is 9.91. The number of carbonyl (C=O) groups excluding carboxylic acids is 2. The minimum Gasteiger partial charge on any atom is -0.383 e. The lowest BCUT2D eigenvalue weighted by Crippen LogP contribution is -2.45. The van der Waals surface area contributed by atoms with Gasteiger partial charge in [-0.3, -0.25) is 9.59 Å². The lowest BCUT2D eigenvalue weighted by Gasteiger charge is -2.30. The zero-order chi connectivity index (χ0) is 25.1. The van der Waals surface area contributed by atoms with Gasteiger partial charge in [0.1, 0.15) is 0 Å². The van der Waals surface area contributed by atoms with E-state index in [0.29, 0.717) is 32.7 Å². The molecule has 0 spiro atoms. The Kier molecular flexibility index (Phi) is 10.8. The number of benzene rings is 1. The summed E-state index contributed by atoms with van der Waals surface area (Å²) in [6.07, 6.45) is 4.40. The molecule has 188 valence electrons. The van der Waals surface area contributed by atoms with Gasteiger partial charge in [-0.1, -0.05) is 63.9 Å². The Labute approximate surface area is 205 Å². The number of rotatable bonds is 13. The molecule has 0 unspecified atom stereocenters. The van der Waals surface area contributed by atoms with Gasteiger partial charge in [-0.05, 0) is 36.5 Å². The maximum Gasteiger partial charge on any atom is 0.242 e. The van der Waals surface area contributed by atoms with Gasteiger partial charge in [-0.2, -0.15) is 0 Å². The summed E-state index contributed by atoms with van der Waals surface area (Å²) in [6, 6.07) is 12.6. The molecule has 0 saturated heterocycles. The number of hydrogen-bond acceptors (Lipinski definition) is 3. The molecule has 6 nitrogen and oxygen atoms in total. The number of amides is 2. The minimum atomic E-state index is -0.135. The fourth-order valence-corrected chi connectivity index (χ4v) is 3.91. The molecule has 0 bridgehead atoms. The first-order chi connectivity index (χ1) is 16.1. The van der Waals surface area contributed by atoms with Gasteiger partial charge >= 0.3 is 0 Å². The molecule has 0 saturated carbocycles. The number of nitrogens with zero attached hydrogens (tertiary/aromatic N) is 3. The van der Waals surface area contributed by atoms with Crippen LogP contribution in [0.15, 0.2) is 42.6 Å². The fourth-order valence-electron chi connectivity index (χ4n) is 3.91. The van der Waals surface area contributed by atoms with Crippen molar-refractivity contribution < 1.29 is 14.3 Å². The van der Waals surface area contributed by atoms with E-state index < -0.39 is 0 Å². The predicted octanol–water partition coefficient (Wildman–Crippen LogP) is 4.88. The van der Waals surface area contributed by atoms with Crippen LogP contribution in [0.5, 0.6) is 0 Å². The summed E-state index contributed by atoms with van der Waals surface area (Å²) in [7, 11) is 1.62. The molecule has 1 heterocycles. The molecule has 2 amide bonds. The maximum atomic E-state index is 13.4. The summed E-state index contributed by atoms with van der Waals surface area (Å²) in [4.78, 5) is 29.9. The molecule has 0 aliphatic carbocycles. The van der Waals surface area contributed by atoms with Gasteiger partial charge in [-0.25, -0.2) is 0 Å². The van der Waals surface area contributed by atoms with Crippen LogP contribution in [0.25, 0.3) is 0 Å². The van der Waals surface area contributed by atoms with Crippen LogP contribution in [0.1, 0.15) is 63.8 Å². The van der Waals surface area contributed by atoms with E-state index >= 15 is 0 Å². The number of carbonyl (C=O) groups is 2. The van der Waals surface area contributed by atoms with Gasteiger partial charge in [0.25, 0.3) is 0 Å². The number of aromatic nitrogens is 1. The van der Waals surface area contributed by atoms with Gasteiger partial charge in [0.15, 0.2) is 0 Å². The molecule has 34 heavy (non-hydrogen) atoms. The normalized spacial score (nSPS) is 11.5. The Bertz CT molecular complexity index is 914. The Morgan fingerprint density at radius 2 is 1.79 bits per heavy atom. The van der Waals surface area contributed by atoms with Crippen molar-refractivity contribution in [3.8, 4) is 0 Å². The number of hydrogen-bond donors (Lipinski definition) is 0. The van der Waals surface area contributed by atoms with Gasteiger partial charge in [0.05, 0.1) is 19.7 Å². The molecular weight excluding hydrogens is 426 g/mol. The highest BCUT2D eigenvalue weighted by Crippen LogP contribution is 2.20. The van der Waals surface area contributed by atoms with Crippen molar-refractivity contribution in [1.82, 2.24) is 14.4 Å². The average Bonchev–Trinajstić information content (AvgIpc) is 3.19. The molecule has 0 fully saturated rings. The Morgan fingerprint density at radius 3 is 2.44 bits per heavy atom. The second-order valence-electron chi connectivity index (χ2n) is 10.3. The van der Waals surface area contributed by atoms with Crippen LogP contribution in [-0.4, -0.2) is 59.5 Å². The fraction of sp³-hybridized carbons (Fsp3) is 0.571. The van der Waals surface area contributed by atoms with Gasteiger partial charge in [0, 0.05) is 45.1 Å². The van der Waals surface area contributed by atoms with Gasteiger partial charge in [-0.15, -0.1) is 0 Å². The SMILES string of the molecule is CCCCN(Cc1cccn1Cc1cccc(C)c1)C(=O)CN(CCOC)C(=O)CC(C)(C)C. The number of ether oxygens (including phenoxy) is 1. The zero-order valence-electron chi connectivity index (χ0n) is 22.0. The van der Waals surface area contributed by atoms with Crippen molar-refractivity contribution >= 4 is 11.8 Å². The van der Waals surface area contributed by atoms with Crippen molar-refractivity contribution in [2.45, 2.75) is 67.0 Å². The highest BCUT2D eigenvalue weighted by molar-refractivity contribution is 5.85. The lowest BCUT2D eigenvalue weighted by molar-refractivity contribution is -0.142.